The van der Waals surface area contributed by atoms with Gasteiger partial charge in [-0.3, -0.25) is 0 Å². The maximum absolute atomic E-state index is 12.0. The monoisotopic (exact) mass is 279 g/mol. The Balaban J connectivity index is 2.14. The number of amidine groups is 1. The van der Waals surface area contributed by atoms with Crippen LogP contribution in [0.25, 0.3) is 0 Å². The molecule has 1 aliphatic carbocycles. The molecule has 4 heteroatoms. The molecule has 0 saturated heterocycles. The molecule has 0 aromatic carbocycles. The van der Waals surface area contributed by atoms with Crippen LogP contribution in [0, 0.1) is 11.3 Å². The normalized spacial score (nSPS) is 31.0. The zero-order chi connectivity index (χ0) is 15.0. The van der Waals surface area contributed by atoms with E-state index in [2.05, 4.69) is 32.7 Å². The third kappa shape index (κ3) is 2.33. The molecule has 4 nitrogen and oxygen atoms in total. The Morgan fingerprint density at radius 1 is 1.35 bits per heavy atom. The van der Waals surface area contributed by atoms with Crippen molar-refractivity contribution in [3.8, 4) is 0 Å². The van der Waals surface area contributed by atoms with Crippen LogP contribution in [0.2, 0.25) is 0 Å². The lowest BCUT2D eigenvalue weighted by atomic mass is 9.65. The molecule has 1 aliphatic heterocycles. The van der Waals surface area contributed by atoms with Crippen LogP contribution in [0.4, 0.5) is 4.79 Å². The molecule has 0 unspecified atom stereocenters. The summed E-state index contributed by atoms with van der Waals surface area (Å²) >= 11 is 0. The van der Waals surface area contributed by atoms with Gasteiger partial charge in [0.1, 0.15) is 11.4 Å². The van der Waals surface area contributed by atoms with Crippen LogP contribution in [0.5, 0.6) is 0 Å². The molecule has 2 amide bonds. The Morgan fingerprint density at radius 2 is 1.95 bits per heavy atom. The smallest absolute Gasteiger partial charge is 0.346 e. The quantitative estimate of drug-likeness (QED) is 0.855. The summed E-state index contributed by atoms with van der Waals surface area (Å²) in [6.07, 6.45) is 6.39. The summed E-state index contributed by atoms with van der Waals surface area (Å²) in [5, 5.41) is 0. The molecule has 20 heavy (non-hydrogen) atoms. The standard InChI is InChI=1S/C16H29N3O/c1-5-11-19-14(20)18-13(17)16(19)9-7-12(8-10-16)15(3,4)6-2/h12H,5-11H2,1-4H3,(H2,17,18,20). The van der Waals surface area contributed by atoms with E-state index in [0.29, 0.717) is 11.3 Å². The van der Waals surface area contributed by atoms with Gasteiger partial charge in [0, 0.05) is 6.54 Å². The zero-order valence-electron chi connectivity index (χ0n) is 13.4. The number of rotatable bonds is 4. The molecule has 1 saturated carbocycles. The molecule has 114 valence electrons. The molecule has 0 aromatic rings. The van der Waals surface area contributed by atoms with Gasteiger partial charge in [0.05, 0.1) is 0 Å². The van der Waals surface area contributed by atoms with Gasteiger partial charge in [0.2, 0.25) is 0 Å². The Bertz CT molecular complexity index is 406. The second-order valence-corrected chi connectivity index (χ2v) is 7.08. The van der Waals surface area contributed by atoms with E-state index in [1.807, 2.05) is 4.90 Å². The maximum atomic E-state index is 12.0. The van der Waals surface area contributed by atoms with Crippen LogP contribution in [0.15, 0.2) is 4.99 Å². The number of nitrogens with zero attached hydrogens (tertiary/aromatic N) is 2. The van der Waals surface area contributed by atoms with Gasteiger partial charge in [-0.05, 0) is 43.4 Å². The van der Waals surface area contributed by atoms with Crippen LogP contribution in [-0.4, -0.2) is 28.9 Å². The molecule has 2 N–H and O–H groups in total. The lowest BCUT2D eigenvalue weighted by molar-refractivity contribution is 0.0794. The van der Waals surface area contributed by atoms with Crippen molar-refractivity contribution in [2.45, 2.75) is 71.8 Å². The largest absolute Gasteiger partial charge is 0.385 e. The van der Waals surface area contributed by atoms with Crippen LogP contribution < -0.4 is 5.73 Å². The molecular formula is C16H29N3O. The number of hydrogen-bond donors (Lipinski definition) is 1. The predicted octanol–water partition coefficient (Wildman–Crippen LogP) is 3.55. The van der Waals surface area contributed by atoms with Crippen molar-refractivity contribution in [3.05, 3.63) is 0 Å². The minimum absolute atomic E-state index is 0.127. The van der Waals surface area contributed by atoms with Crippen molar-refractivity contribution in [2.24, 2.45) is 22.1 Å². The van der Waals surface area contributed by atoms with Gasteiger partial charge in [-0.25, -0.2) is 4.79 Å². The zero-order valence-corrected chi connectivity index (χ0v) is 13.4. The average Bonchev–Trinajstić information content (AvgIpc) is 2.64. The van der Waals surface area contributed by atoms with Crippen LogP contribution in [0.1, 0.15) is 66.2 Å². The third-order valence-electron chi connectivity index (χ3n) is 5.72. The fourth-order valence-electron chi connectivity index (χ4n) is 3.81. The van der Waals surface area contributed by atoms with Crippen molar-refractivity contribution in [1.82, 2.24) is 4.90 Å². The summed E-state index contributed by atoms with van der Waals surface area (Å²) < 4.78 is 0. The Labute approximate surface area is 122 Å². The van der Waals surface area contributed by atoms with Crippen molar-refractivity contribution < 1.29 is 4.79 Å². The van der Waals surface area contributed by atoms with E-state index in [1.54, 1.807) is 0 Å². The third-order valence-corrected chi connectivity index (χ3v) is 5.72. The number of carbonyl (C=O) groups excluding carboxylic acids is 1. The first kappa shape index (κ1) is 15.3. The highest BCUT2D eigenvalue weighted by atomic mass is 16.2. The number of carbonyl (C=O) groups is 1. The first-order valence-corrected chi connectivity index (χ1v) is 8.03. The minimum Gasteiger partial charge on any atom is -0.385 e. The molecule has 0 radical (unpaired) electrons. The summed E-state index contributed by atoms with van der Waals surface area (Å²) in [6, 6.07) is -0.127. The van der Waals surface area contributed by atoms with Gasteiger partial charge in [-0.1, -0.05) is 34.1 Å². The minimum atomic E-state index is -0.270. The van der Waals surface area contributed by atoms with Crippen molar-refractivity contribution in [3.63, 3.8) is 0 Å². The van der Waals surface area contributed by atoms with E-state index in [0.717, 1.165) is 44.6 Å². The van der Waals surface area contributed by atoms with Crippen molar-refractivity contribution in [1.29, 1.82) is 0 Å². The van der Waals surface area contributed by atoms with E-state index < -0.39 is 0 Å². The second-order valence-electron chi connectivity index (χ2n) is 7.08. The second kappa shape index (κ2) is 5.38. The summed E-state index contributed by atoms with van der Waals surface area (Å²) in [4.78, 5) is 18.0. The molecule has 2 aliphatic rings. The fourth-order valence-corrected chi connectivity index (χ4v) is 3.81. The van der Waals surface area contributed by atoms with Crippen molar-refractivity contribution in [2.75, 3.05) is 6.54 Å². The lowest BCUT2D eigenvalue weighted by Crippen LogP contribution is -2.56. The number of hydrogen-bond acceptors (Lipinski definition) is 2. The van der Waals surface area contributed by atoms with Crippen LogP contribution in [-0.2, 0) is 0 Å². The molecule has 1 fully saturated rings. The van der Waals surface area contributed by atoms with Gasteiger partial charge in [0.15, 0.2) is 0 Å². The molecule has 0 atom stereocenters. The first-order chi connectivity index (χ1) is 9.37. The van der Waals surface area contributed by atoms with Crippen LogP contribution >= 0.6 is 0 Å². The Morgan fingerprint density at radius 3 is 2.45 bits per heavy atom. The van der Waals surface area contributed by atoms with Gasteiger partial charge in [0.25, 0.3) is 0 Å². The molecule has 0 aromatic heterocycles. The molecular weight excluding hydrogens is 250 g/mol. The number of amides is 2. The number of aliphatic imine (C=N–C) groups is 1. The van der Waals surface area contributed by atoms with Gasteiger partial charge in [-0.15, -0.1) is 0 Å². The number of nitrogens with two attached hydrogens (primary N) is 1. The average molecular weight is 279 g/mol. The van der Waals surface area contributed by atoms with Crippen molar-refractivity contribution >= 4 is 11.9 Å². The maximum Gasteiger partial charge on any atom is 0.346 e. The van der Waals surface area contributed by atoms with E-state index in [1.165, 1.54) is 6.42 Å². The van der Waals surface area contributed by atoms with Gasteiger partial charge < -0.3 is 10.6 Å². The molecule has 2 rings (SSSR count). The van der Waals surface area contributed by atoms with Gasteiger partial charge >= 0.3 is 6.03 Å². The van der Waals surface area contributed by atoms with E-state index in [9.17, 15) is 4.79 Å². The topological polar surface area (TPSA) is 58.7 Å². The van der Waals surface area contributed by atoms with Gasteiger partial charge in [-0.2, -0.15) is 4.99 Å². The molecule has 1 heterocycles. The Hall–Kier alpha value is -1.06. The summed E-state index contributed by atoms with van der Waals surface area (Å²) in [7, 11) is 0. The lowest BCUT2D eigenvalue weighted by Gasteiger charge is -2.46. The molecule has 0 bridgehead atoms. The highest BCUT2D eigenvalue weighted by Crippen LogP contribution is 2.46. The highest BCUT2D eigenvalue weighted by Gasteiger charge is 2.50. The molecule has 1 spiro atoms. The fraction of sp³-hybridized carbons (Fsp3) is 0.875. The van der Waals surface area contributed by atoms with Crippen LogP contribution in [0.3, 0.4) is 0 Å². The van der Waals surface area contributed by atoms with E-state index >= 15 is 0 Å². The first-order valence-electron chi connectivity index (χ1n) is 8.03. The summed E-state index contributed by atoms with van der Waals surface area (Å²) in [5.74, 6) is 1.29. The SMILES string of the molecule is CCCN1C(=O)N=C(N)C12CCC(C(C)(C)CC)CC2. The Kier molecular flexibility index (Phi) is 4.12. The predicted molar refractivity (Wildman–Crippen MR) is 82.8 cm³/mol. The summed E-state index contributed by atoms with van der Waals surface area (Å²) in [6.45, 7) is 9.85. The highest BCUT2D eigenvalue weighted by molar-refractivity contribution is 6.05. The summed E-state index contributed by atoms with van der Waals surface area (Å²) in [5.41, 5.74) is 6.24. The van der Waals surface area contributed by atoms with E-state index in [-0.39, 0.29) is 11.6 Å². The number of urea groups is 1. The van der Waals surface area contributed by atoms with E-state index in [4.69, 9.17) is 5.73 Å².